The van der Waals surface area contributed by atoms with Crippen molar-refractivity contribution in [1.82, 2.24) is 5.32 Å². The van der Waals surface area contributed by atoms with Gasteiger partial charge in [-0.15, -0.1) is 0 Å². The van der Waals surface area contributed by atoms with Gasteiger partial charge in [-0.1, -0.05) is 23.4 Å². The van der Waals surface area contributed by atoms with Crippen molar-refractivity contribution in [2.45, 2.75) is 35.6 Å². The summed E-state index contributed by atoms with van der Waals surface area (Å²) < 4.78 is 0. The lowest BCUT2D eigenvalue weighted by Crippen LogP contribution is -2.25. The molecule has 0 unspecified atom stereocenters. The molecule has 3 rings (SSSR count). The Kier molecular flexibility index (Phi) is 5.11. The second kappa shape index (κ2) is 7.28. The van der Waals surface area contributed by atoms with E-state index in [1.165, 1.54) is 18.7 Å². The standard InChI is InChI=1S/C18H17ClN2O2S/c1-11(22)20-16-10-12(18(23)21-14-5-6-14)2-9-17(16)24-15-7-3-13(19)4-8-15/h2-4,7-10,14H,5-6H2,1H3,(H,20,22)(H,21,23). The second-order valence-electron chi connectivity index (χ2n) is 5.70. The van der Waals surface area contributed by atoms with Crippen LogP contribution in [0.2, 0.25) is 5.02 Å². The number of halogens is 1. The zero-order valence-electron chi connectivity index (χ0n) is 13.1. The van der Waals surface area contributed by atoms with Crippen molar-refractivity contribution < 1.29 is 9.59 Å². The van der Waals surface area contributed by atoms with Crippen LogP contribution in [0.4, 0.5) is 5.69 Å². The van der Waals surface area contributed by atoms with Crippen LogP contribution < -0.4 is 10.6 Å². The third-order valence-corrected chi connectivity index (χ3v) is 4.84. The van der Waals surface area contributed by atoms with E-state index in [2.05, 4.69) is 10.6 Å². The molecule has 1 saturated carbocycles. The van der Waals surface area contributed by atoms with Crippen LogP contribution in [-0.2, 0) is 4.79 Å². The van der Waals surface area contributed by atoms with E-state index < -0.39 is 0 Å². The third-order valence-electron chi connectivity index (χ3n) is 3.51. The van der Waals surface area contributed by atoms with Crippen molar-refractivity contribution in [1.29, 1.82) is 0 Å². The molecule has 2 N–H and O–H groups in total. The topological polar surface area (TPSA) is 58.2 Å². The Balaban J connectivity index is 1.84. The first-order valence-electron chi connectivity index (χ1n) is 7.67. The average molecular weight is 361 g/mol. The van der Waals surface area contributed by atoms with Gasteiger partial charge in [-0.2, -0.15) is 0 Å². The molecule has 1 aliphatic rings. The number of rotatable bonds is 5. The highest BCUT2D eigenvalue weighted by Gasteiger charge is 2.24. The molecule has 6 heteroatoms. The second-order valence-corrected chi connectivity index (χ2v) is 7.25. The number of nitrogens with one attached hydrogen (secondary N) is 2. The molecule has 1 aliphatic carbocycles. The Morgan fingerprint density at radius 1 is 1.12 bits per heavy atom. The highest BCUT2D eigenvalue weighted by Crippen LogP contribution is 2.35. The molecule has 2 aromatic rings. The molecular weight excluding hydrogens is 344 g/mol. The maximum atomic E-state index is 12.2. The molecule has 124 valence electrons. The fourth-order valence-corrected chi connectivity index (χ4v) is 3.18. The summed E-state index contributed by atoms with van der Waals surface area (Å²) in [5.41, 5.74) is 1.18. The number of hydrogen-bond donors (Lipinski definition) is 2. The lowest BCUT2D eigenvalue weighted by molar-refractivity contribution is -0.114. The van der Waals surface area contributed by atoms with Crippen molar-refractivity contribution in [3.63, 3.8) is 0 Å². The highest BCUT2D eigenvalue weighted by atomic mass is 35.5. The number of benzene rings is 2. The summed E-state index contributed by atoms with van der Waals surface area (Å²) in [6, 6.07) is 13.1. The molecule has 24 heavy (non-hydrogen) atoms. The van der Waals surface area contributed by atoms with Gasteiger partial charge in [0.1, 0.15) is 0 Å². The SMILES string of the molecule is CC(=O)Nc1cc(C(=O)NC2CC2)ccc1Sc1ccc(Cl)cc1. The lowest BCUT2D eigenvalue weighted by atomic mass is 10.2. The molecule has 0 radical (unpaired) electrons. The van der Waals surface area contributed by atoms with Gasteiger partial charge in [-0.25, -0.2) is 0 Å². The first-order valence-corrected chi connectivity index (χ1v) is 8.86. The van der Waals surface area contributed by atoms with Gasteiger partial charge in [0.2, 0.25) is 5.91 Å². The number of amides is 2. The van der Waals surface area contributed by atoms with Gasteiger partial charge in [-0.3, -0.25) is 9.59 Å². The Hall–Kier alpha value is -1.98. The van der Waals surface area contributed by atoms with Gasteiger partial charge in [0, 0.05) is 33.3 Å². The summed E-state index contributed by atoms with van der Waals surface area (Å²) in [4.78, 5) is 25.6. The normalized spacial score (nSPS) is 13.4. The van der Waals surface area contributed by atoms with Gasteiger partial charge < -0.3 is 10.6 Å². The number of hydrogen-bond acceptors (Lipinski definition) is 3. The Labute approximate surface area is 150 Å². The number of anilines is 1. The predicted molar refractivity (Wildman–Crippen MR) is 96.8 cm³/mol. The van der Waals surface area contributed by atoms with E-state index in [4.69, 9.17) is 11.6 Å². The fraction of sp³-hybridized carbons (Fsp3) is 0.222. The minimum atomic E-state index is -0.173. The van der Waals surface area contributed by atoms with E-state index in [0.717, 1.165) is 22.6 Å². The largest absolute Gasteiger partial charge is 0.349 e. The van der Waals surface area contributed by atoms with E-state index in [1.54, 1.807) is 12.1 Å². The third kappa shape index (κ3) is 4.52. The fourth-order valence-electron chi connectivity index (χ4n) is 2.17. The highest BCUT2D eigenvalue weighted by molar-refractivity contribution is 7.99. The quantitative estimate of drug-likeness (QED) is 0.833. The van der Waals surface area contributed by atoms with Gasteiger partial charge in [0.25, 0.3) is 5.91 Å². The van der Waals surface area contributed by atoms with Gasteiger partial charge in [0.15, 0.2) is 0 Å². The molecule has 4 nitrogen and oxygen atoms in total. The van der Waals surface area contributed by atoms with E-state index in [0.29, 0.717) is 22.3 Å². The van der Waals surface area contributed by atoms with Gasteiger partial charge in [0.05, 0.1) is 5.69 Å². The van der Waals surface area contributed by atoms with Crippen molar-refractivity contribution in [2.75, 3.05) is 5.32 Å². The zero-order chi connectivity index (χ0) is 17.1. The number of carbonyl (C=O) groups excluding carboxylic acids is 2. The average Bonchev–Trinajstić information content (AvgIpc) is 3.34. The first-order chi connectivity index (χ1) is 11.5. The molecule has 0 bridgehead atoms. The van der Waals surface area contributed by atoms with Crippen LogP contribution in [0, 0.1) is 0 Å². The summed E-state index contributed by atoms with van der Waals surface area (Å²) in [6.45, 7) is 1.45. The summed E-state index contributed by atoms with van der Waals surface area (Å²) in [7, 11) is 0. The summed E-state index contributed by atoms with van der Waals surface area (Å²) >= 11 is 7.41. The molecule has 0 heterocycles. The molecule has 0 aliphatic heterocycles. The Bertz CT molecular complexity index is 773. The molecule has 0 saturated heterocycles. The zero-order valence-corrected chi connectivity index (χ0v) is 14.7. The predicted octanol–water partition coefficient (Wildman–Crippen LogP) is 4.34. The maximum Gasteiger partial charge on any atom is 0.251 e. The van der Waals surface area contributed by atoms with Gasteiger partial charge >= 0.3 is 0 Å². The molecular formula is C18H17ClN2O2S. The van der Waals surface area contributed by atoms with Crippen LogP contribution in [0.5, 0.6) is 0 Å². The van der Waals surface area contributed by atoms with Crippen molar-refractivity contribution in [2.24, 2.45) is 0 Å². The van der Waals surface area contributed by atoms with E-state index in [-0.39, 0.29) is 11.8 Å². The van der Waals surface area contributed by atoms with Gasteiger partial charge in [-0.05, 0) is 55.3 Å². The summed E-state index contributed by atoms with van der Waals surface area (Å²) in [6.07, 6.45) is 2.07. The summed E-state index contributed by atoms with van der Waals surface area (Å²) in [5, 5.41) is 6.43. The number of carbonyl (C=O) groups is 2. The minimum absolute atomic E-state index is 0.104. The Morgan fingerprint density at radius 2 is 1.83 bits per heavy atom. The lowest BCUT2D eigenvalue weighted by Gasteiger charge is -2.12. The minimum Gasteiger partial charge on any atom is -0.349 e. The molecule has 0 spiro atoms. The molecule has 2 amide bonds. The monoisotopic (exact) mass is 360 g/mol. The Morgan fingerprint density at radius 3 is 2.46 bits per heavy atom. The van der Waals surface area contributed by atoms with E-state index >= 15 is 0 Å². The molecule has 0 aromatic heterocycles. The smallest absolute Gasteiger partial charge is 0.251 e. The van der Waals surface area contributed by atoms with Crippen LogP contribution in [0.3, 0.4) is 0 Å². The molecule has 0 atom stereocenters. The van der Waals surface area contributed by atoms with Crippen LogP contribution in [-0.4, -0.2) is 17.9 Å². The van der Waals surface area contributed by atoms with Crippen LogP contribution in [0.25, 0.3) is 0 Å². The van der Waals surface area contributed by atoms with E-state index in [9.17, 15) is 9.59 Å². The van der Waals surface area contributed by atoms with Crippen LogP contribution >= 0.6 is 23.4 Å². The molecule has 2 aromatic carbocycles. The van der Waals surface area contributed by atoms with Crippen LogP contribution in [0.1, 0.15) is 30.1 Å². The van der Waals surface area contributed by atoms with Crippen molar-refractivity contribution >= 4 is 40.9 Å². The molecule has 1 fully saturated rings. The van der Waals surface area contributed by atoms with Crippen molar-refractivity contribution in [3.8, 4) is 0 Å². The summed E-state index contributed by atoms with van der Waals surface area (Å²) in [5.74, 6) is -0.278. The van der Waals surface area contributed by atoms with Crippen LogP contribution in [0.15, 0.2) is 52.3 Å². The van der Waals surface area contributed by atoms with Crippen molar-refractivity contribution in [3.05, 3.63) is 53.1 Å². The van der Waals surface area contributed by atoms with E-state index in [1.807, 2.05) is 30.3 Å². The first kappa shape index (κ1) is 16.9. The maximum absolute atomic E-state index is 12.2.